The molecule has 248 valence electrons. The van der Waals surface area contributed by atoms with Gasteiger partial charge in [0.1, 0.15) is 17.2 Å². The number of carbonyl (C=O) groups is 3. The molecule has 13 nitrogen and oxygen atoms in total. The van der Waals surface area contributed by atoms with E-state index in [4.69, 9.17) is 23.8 Å². The van der Waals surface area contributed by atoms with Crippen LogP contribution >= 0.6 is 0 Å². The number of hydrogen-bond acceptors (Lipinski definition) is 10. The normalized spacial score (nSPS) is 21.7. The van der Waals surface area contributed by atoms with E-state index in [0.29, 0.717) is 31.2 Å². The highest BCUT2D eigenvalue weighted by molar-refractivity contribution is 5.99. The van der Waals surface area contributed by atoms with Crippen LogP contribution in [-0.4, -0.2) is 72.0 Å². The van der Waals surface area contributed by atoms with E-state index in [1.54, 1.807) is 4.90 Å². The number of nitrogens with zero attached hydrogens (tertiary/aromatic N) is 3. The highest BCUT2D eigenvalue weighted by Gasteiger charge is 2.55. The van der Waals surface area contributed by atoms with E-state index < -0.39 is 64.8 Å². The van der Waals surface area contributed by atoms with Crippen molar-refractivity contribution < 1.29 is 46.9 Å². The van der Waals surface area contributed by atoms with Gasteiger partial charge in [-0.3, -0.25) is 14.4 Å². The molecule has 0 aliphatic carbocycles. The van der Waals surface area contributed by atoms with E-state index in [1.165, 1.54) is 23.9 Å². The predicted octanol–water partition coefficient (Wildman–Crippen LogP) is 3.89. The summed E-state index contributed by atoms with van der Waals surface area (Å²) in [6.45, 7) is 4.92. The summed E-state index contributed by atoms with van der Waals surface area (Å²) in [4.78, 5) is 60.9. The highest BCUT2D eigenvalue weighted by Crippen LogP contribution is 2.46. The predicted molar refractivity (Wildman–Crippen MR) is 157 cm³/mol. The molecule has 3 aliphatic rings. The monoisotopic (exact) mass is 646 g/mol. The summed E-state index contributed by atoms with van der Waals surface area (Å²) in [7, 11) is 1.47. The number of amides is 2. The van der Waals surface area contributed by atoms with E-state index in [2.05, 4.69) is 10.5 Å². The van der Waals surface area contributed by atoms with E-state index in [9.17, 15) is 28.0 Å². The van der Waals surface area contributed by atoms with E-state index in [0.717, 1.165) is 6.07 Å². The molecule has 46 heavy (non-hydrogen) atoms. The summed E-state index contributed by atoms with van der Waals surface area (Å²) < 4.78 is 50.2. The van der Waals surface area contributed by atoms with Crippen molar-refractivity contribution in [3.05, 3.63) is 63.1 Å². The maximum atomic E-state index is 14.3. The zero-order chi connectivity index (χ0) is 33.2. The van der Waals surface area contributed by atoms with Crippen molar-refractivity contribution in [2.75, 3.05) is 27.1 Å². The standard InChI is InChI=1S/C31H36F2N4O9/c1-17(2)8-10-43-30(41)45-16-44-27-25-29(40)36-15-23(31(9-7-18(36)3)12-24(42-4)35-46-31)37(25)14-21(26(27)38)28(39)34-13-19-5-6-20(32)11-22(19)33/h5-6,11,14,17-18,23H,7-10,12-13,15-16H2,1-4H3,(H,34,39)/t18-,23+,31-/m0/s1. The second-order valence-electron chi connectivity index (χ2n) is 11.9. The first kappa shape index (κ1) is 32.7. The van der Waals surface area contributed by atoms with Crippen molar-refractivity contribution in [2.24, 2.45) is 11.1 Å². The fraction of sp³-hybridized carbons (Fsp3) is 0.516. The van der Waals surface area contributed by atoms with Crippen LogP contribution in [0.4, 0.5) is 13.6 Å². The van der Waals surface area contributed by atoms with Crippen LogP contribution in [0.25, 0.3) is 0 Å². The first-order valence-electron chi connectivity index (χ1n) is 15.0. The summed E-state index contributed by atoms with van der Waals surface area (Å²) in [6, 6.07) is 2.00. The molecule has 1 spiro atoms. The Kier molecular flexibility index (Phi) is 9.49. The van der Waals surface area contributed by atoms with Gasteiger partial charge < -0.3 is 38.6 Å². The number of ether oxygens (including phenoxy) is 4. The number of rotatable bonds is 9. The lowest BCUT2D eigenvalue weighted by atomic mass is 9.85. The van der Waals surface area contributed by atoms with Gasteiger partial charge in [-0.25, -0.2) is 13.6 Å². The minimum Gasteiger partial charge on any atom is -0.482 e. The lowest BCUT2D eigenvalue weighted by molar-refractivity contribution is -0.0658. The van der Waals surface area contributed by atoms with Crippen molar-refractivity contribution in [3.63, 3.8) is 0 Å². The molecule has 4 heterocycles. The van der Waals surface area contributed by atoms with Gasteiger partial charge in [0.25, 0.3) is 11.8 Å². The van der Waals surface area contributed by atoms with E-state index >= 15 is 0 Å². The first-order valence-corrected chi connectivity index (χ1v) is 15.0. The van der Waals surface area contributed by atoms with E-state index in [1.807, 2.05) is 20.8 Å². The zero-order valence-corrected chi connectivity index (χ0v) is 26.0. The summed E-state index contributed by atoms with van der Waals surface area (Å²) in [6.07, 6.45) is 2.09. The number of pyridine rings is 1. The Morgan fingerprint density at radius 3 is 2.70 bits per heavy atom. The SMILES string of the molecule is COC1=NO[C@@]2(CC[C@H](C)N3C[C@H]2n2cc(C(=O)NCc4ccc(F)cc4F)c(=O)c(OCOC(=O)OCCC(C)C)c2C3=O)C1. The van der Waals surface area contributed by atoms with Gasteiger partial charge in [-0.15, -0.1) is 0 Å². The number of halogens is 2. The number of fused-ring (bicyclic) bond motifs is 5. The molecule has 3 atom stereocenters. The third-order valence-electron chi connectivity index (χ3n) is 8.50. The maximum Gasteiger partial charge on any atom is 0.511 e. The van der Waals surface area contributed by atoms with Gasteiger partial charge in [-0.1, -0.05) is 25.1 Å². The van der Waals surface area contributed by atoms with Crippen LogP contribution in [-0.2, 0) is 25.6 Å². The molecule has 2 amide bonds. The Balaban J connectivity index is 1.52. The molecule has 1 fully saturated rings. The van der Waals surface area contributed by atoms with Crippen molar-refractivity contribution in [3.8, 4) is 5.75 Å². The number of benzene rings is 1. The Hall–Kier alpha value is -4.69. The minimum atomic E-state index is -1.04. The van der Waals surface area contributed by atoms with Gasteiger partial charge in [0.15, 0.2) is 11.3 Å². The Morgan fingerprint density at radius 2 is 2.00 bits per heavy atom. The molecule has 2 bridgehead atoms. The van der Waals surface area contributed by atoms with Crippen molar-refractivity contribution >= 4 is 23.9 Å². The maximum absolute atomic E-state index is 14.3. The second-order valence-corrected chi connectivity index (χ2v) is 11.9. The lowest BCUT2D eigenvalue weighted by Gasteiger charge is -2.42. The third kappa shape index (κ3) is 6.49. The zero-order valence-electron chi connectivity index (χ0n) is 26.0. The van der Waals surface area contributed by atoms with Crippen LogP contribution in [0.2, 0.25) is 0 Å². The van der Waals surface area contributed by atoms with Crippen LogP contribution in [0.5, 0.6) is 5.75 Å². The molecule has 2 aromatic rings. The van der Waals surface area contributed by atoms with Gasteiger partial charge in [0, 0.05) is 37.0 Å². The molecule has 1 aromatic heterocycles. The van der Waals surface area contributed by atoms with Crippen molar-refractivity contribution in [1.29, 1.82) is 0 Å². The third-order valence-corrected chi connectivity index (χ3v) is 8.50. The number of nitrogens with one attached hydrogen (secondary N) is 1. The summed E-state index contributed by atoms with van der Waals surface area (Å²) in [5.41, 5.74) is -2.56. The van der Waals surface area contributed by atoms with Gasteiger partial charge in [0.05, 0.1) is 26.2 Å². The first-order chi connectivity index (χ1) is 21.9. The van der Waals surface area contributed by atoms with Crippen LogP contribution in [0.1, 0.15) is 78.9 Å². The molecule has 5 rings (SSSR count). The van der Waals surface area contributed by atoms with Gasteiger partial charge in [-0.05, 0) is 38.2 Å². The number of oxime groups is 1. The summed E-state index contributed by atoms with van der Waals surface area (Å²) in [5, 5.41) is 6.56. The van der Waals surface area contributed by atoms with Crippen LogP contribution in [0.3, 0.4) is 0 Å². The van der Waals surface area contributed by atoms with Crippen molar-refractivity contribution in [2.45, 2.75) is 70.7 Å². The topological polar surface area (TPSA) is 147 Å². The Morgan fingerprint density at radius 1 is 1.22 bits per heavy atom. The average molecular weight is 647 g/mol. The Bertz CT molecular complexity index is 1610. The molecule has 1 saturated heterocycles. The fourth-order valence-electron chi connectivity index (χ4n) is 5.80. The second kappa shape index (κ2) is 13.3. The largest absolute Gasteiger partial charge is 0.511 e. The van der Waals surface area contributed by atoms with Gasteiger partial charge in [-0.2, -0.15) is 0 Å². The summed E-state index contributed by atoms with van der Waals surface area (Å²) in [5.74, 6) is -2.99. The smallest absolute Gasteiger partial charge is 0.482 e. The number of carbonyl (C=O) groups excluding carboxylic acids is 3. The quantitative estimate of drug-likeness (QED) is 0.317. The highest BCUT2D eigenvalue weighted by atomic mass is 19.1. The Labute approximate surface area is 263 Å². The molecule has 0 saturated carbocycles. The average Bonchev–Trinajstić information content (AvgIpc) is 3.39. The molecular formula is C31H36F2N4O9. The molecule has 1 aromatic carbocycles. The summed E-state index contributed by atoms with van der Waals surface area (Å²) >= 11 is 0. The van der Waals surface area contributed by atoms with Crippen LogP contribution in [0.15, 0.2) is 34.3 Å². The molecular weight excluding hydrogens is 610 g/mol. The lowest BCUT2D eigenvalue weighted by Crippen LogP contribution is -2.52. The van der Waals surface area contributed by atoms with Gasteiger partial charge >= 0.3 is 6.16 Å². The van der Waals surface area contributed by atoms with Crippen molar-refractivity contribution in [1.82, 2.24) is 14.8 Å². The molecule has 3 aliphatic heterocycles. The van der Waals surface area contributed by atoms with Crippen LogP contribution < -0.4 is 15.5 Å². The minimum absolute atomic E-state index is 0.0141. The van der Waals surface area contributed by atoms with E-state index in [-0.39, 0.29) is 49.3 Å². The number of aromatic nitrogens is 1. The molecule has 0 unspecified atom stereocenters. The van der Waals surface area contributed by atoms with Crippen LogP contribution in [0, 0.1) is 17.6 Å². The van der Waals surface area contributed by atoms with Gasteiger partial charge in [0.2, 0.25) is 23.9 Å². The molecule has 1 N–H and O–H groups in total. The number of methoxy groups -OCH3 is 1. The molecule has 15 heteroatoms. The number of hydrogen-bond donors (Lipinski definition) is 1. The fourth-order valence-corrected chi connectivity index (χ4v) is 5.80. The molecule has 0 radical (unpaired) electrons.